The van der Waals surface area contributed by atoms with Crippen LogP contribution in [-0.4, -0.2) is 16.5 Å². The van der Waals surface area contributed by atoms with Crippen LogP contribution in [0.2, 0.25) is 0 Å². The van der Waals surface area contributed by atoms with Gasteiger partial charge in [0.05, 0.1) is 6.33 Å². The van der Waals surface area contributed by atoms with E-state index in [4.69, 9.17) is 0 Å². The number of aromatic amines is 1. The Morgan fingerprint density at radius 3 is 2.94 bits per heavy atom. The van der Waals surface area contributed by atoms with E-state index < -0.39 is 0 Å². The summed E-state index contributed by atoms with van der Waals surface area (Å²) in [7, 11) is 0. The molecule has 94 valence electrons. The zero-order valence-corrected chi connectivity index (χ0v) is 10.5. The van der Waals surface area contributed by atoms with Gasteiger partial charge in [-0.05, 0) is 29.9 Å². The van der Waals surface area contributed by atoms with E-state index in [0.29, 0.717) is 0 Å². The molecular formula is C15H19N3. The third-order valence-corrected chi connectivity index (χ3v) is 3.51. The molecule has 0 saturated heterocycles. The molecule has 2 aromatic rings. The minimum Gasteiger partial charge on any atom is -0.348 e. The van der Waals surface area contributed by atoms with E-state index in [0.717, 1.165) is 25.4 Å². The fourth-order valence-corrected chi connectivity index (χ4v) is 2.36. The maximum absolute atomic E-state index is 4.02. The Hall–Kier alpha value is -1.61. The first-order valence-corrected chi connectivity index (χ1v) is 6.69. The first-order valence-electron chi connectivity index (χ1n) is 6.69. The zero-order chi connectivity index (χ0) is 12.2. The molecule has 3 heteroatoms. The van der Waals surface area contributed by atoms with E-state index in [9.17, 15) is 0 Å². The van der Waals surface area contributed by atoms with Crippen LogP contribution in [0.1, 0.15) is 35.6 Å². The summed E-state index contributed by atoms with van der Waals surface area (Å²) in [5.74, 6) is 0.829. The van der Waals surface area contributed by atoms with Crippen molar-refractivity contribution in [3.05, 3.63) is 53.6 Å². The second kappa shape index (κ2) is 5.36. The van der Waals surface area contributed by atoms with Gasteiger partial charge in [-0.3, -0.25) is 0 Å². The Bertz CT molecular complexity index is 486. The van der Waals surface area contributed by atoms with Gasteiger partial charge in [-0.1, -0.05) is 24.3 Å². The standard InChI is InChI=1S/C15H19N3/c1-2-4-15(12-5-6-12)13(3-1)9-16-8-7-14-10-17-11-18-14/h1-4,10-12,16H,5-9H2,(H,17,18). The van der Waals surface area contributed by atoms with Crippen molar-refractivity contribution in [2.45, 2.75) is 31.7 Å². The summed E-state index contributed by atoms with van der Waals surface area (Å²) in [6, 6.07) is 8.82. The lowest BCUT2D eigenvalue weighted by molar-refractivity contribution is 0.677. The molecule has 1 aromatic heterocycles. The van der Waals surface area contributed by atoms with Crippen LogP contribution in [0, 0.1) is 0 Å². The van der Waals surface area contributed by atoms with Gasteiger partial charge in [0.1, 0.15) is 0 Å². The third-order valence-electron chi connectivity index (χ3n) is 3.51. The molecule has 0 bridgehead atoms. The van der Waals surface area contributed by atoms with Crippen molar-refractivity contribution in [3.63, 3.8) is 0 Å². The summed E-state index contributed by atoms with van der Waals surface area (Å²) in [6.07, 6.45) is 7.36. The average Bonchev–Trinajstić information content (AvgIpc) is 3.12. The number of hydrogen-bond acceptors (Lipinski definition) is 2. The van der Waals surface area contributed by atoms with E-state index in [2.05, 4.69) is 39.6 Å². The van der Waals surface area contributed by atoms with Crippen LogP contribution in [0.4, 0.5) is 0 Å². The molecule has 1 aliphatic rings. The normalized spacial score (nSPS) is 14.9. The van der Waals surface area contributed by atoms with Crippen molar-refractivity contribution in [2.75, 3.05) is 6.54 Å². The monoisotopic (exact) mass is 241 g/mol. The molecule has 0 radical (unpaired) electrons. The lowest BCUT2D eigenvalue weighted by atomic mass is 10.0. The van der Waals surface area contributed by atoms with Gasteiger partial charge in [-0.15, -0.1) is 0 Å². The Balaban J connectivity index is 1.50. The molecule has 2 N–H and O–H groups in total. The van der Waals surface area contributed by atoms with E-state index in [-0.39, 0.29) is 0 Å². The Labute approximate surface area is 108 Å². The maximum atomic E-state index is 4.02. The summed E-state index contributed by atoms with van der Waals surface area (Å²) in [5.41, 5.74) is 4.20. The van der Waals surface area contributed by atoms with Gasteiger partial charge >= 0.3 is 0 Å². The lowest BCUT2D eigenvalue weighted by Crippen LogP contribution is -2.17. The molecule has 0 unspecified atom stereocenters. The maximum Gasteiger partial charge on any atom is 0.0921 e. The highest BCUT2D eigenvalue weighted by Crippen LogP contribution is 2.41. The number of nitrogens with one attached hydrogen (secondary N) is 2. The van der Waals surface area contributed by atoms with Crippen molar-refractivity contribution >= 4 is 0 Å². The largest absolute Gasteiger partial charge is 0.348 e. The van der Waals surface area contributed by atoms with Crippen LogP contribution in [0.15, 0.2) is 36.8 Å². The topological polar surface area (TPSA) is 40.7 Å². The molecule has 0 spiro atoms. The van der Waals surface area contributed by atoms with Crippen molar-refractivity contribution in [2.24, 2.45) is 0 Å². The fourth-order valence-electron chi connectivity index (χ4n) is 2.36. The van der Waals surface area contributed by atoms with Gasteiger partial charge in [-0.2, -0.15) is 0 Å². The summed E-state index contributed by atoms with van der Waals surface area (Å²) in [4.78, 5) is 7.15. The first kappa shape index (κ1) is 11.5. The second-order valence-corrected chi connectivity index (χ2v) is 4.98. The van der Waals surface area contributed by atoms with Gasteiger partial charge in [0.15, 0.2) is 0 Å². The Morgan fingerprint density at radius 2 is 2.17 bits per heavy atom. The summed E-state index contributed by atoms with van der Waals surface area (Å²) < 4.78 is 0. The van der Waals surface area contributed by atoms with E-state index in [1.165, 1.54) is 24.1 Å². The number of benzene rings is 1. The fraction of sp³-hybridized carbons (Fsp3) is 0.400. The van der Waals surface area contributed by atoms with Crippen molar-refractivity contribution in [1.82, 2.24) is 15.3 Å². The predicted molar refractivity (Wildman–Crippen MR) is 72.4 cm³/mol. The lowest BCUT2D eigenvalue weighted by Gasteiger charge is -2.09. The van der Waals surface area contributed by atoms with Crippen LogP contribution in [0.25, 0.3) is 0 Å². The second-order valence-electron chi connectivity index (χ2n) is 4.98. The van der Waals surface area contributed by atoms with Gasteiger partial charge < -0.3 is 10.3 Å². The zero-order valence-electron chi connectivity index (χ0n) is 10.5. The number of H-pyrrole nitrogens is 1. The van der Waals surface area contributed by atoms with Gasteiger partial charge in [0.25, 0.3) is 0 Å². The quantitative estimate of drug-likeness (QED) is 0.763. The number of hydrogen-bond donors (Lipinski definition) is 2. The number of nitrogens with zero attached hydrogens (tertiary/aromatic N) is 1. The molecule has 0 amide bonds. The van der Waals surface area contributed by atoms with Gasteiger partial charge in [0.2, 0.25) is 0 Å². The first-order chi connectivity index (χ1) is 8.93. The van der Waals surface area contributed by atoms with Gasteiger partial charge in [0, 0.05) is 31.4 Å². The number of rotatable bonds is 6. The molecule has 3 nitrogen and oxygen atoms in total. The minimum absolute atomic E-state index is 0.829. The van der Waals surface area contributed by atoms with E-state index in [1.807, 2.05) is 6.20 Å². The molecular weight excluding hydrogens is 222 g/mol. The molecule has 1 saturated carbocycles. The van der Waals surface area contributed by atoms with Crippen LogP contribution in [-0.2, 0) is 13.0 Å². The van der Waals surface area contributed by atoms with Crippen LogP contribution in [0.3, 0.4) is 0 Å². The highest BCUT2D eigenvalue weighted by Gasteiger charge is 2.25. The van der Waals surface area contributed by atoms with E-state index >= 15 is 0 Å². The predicted octanol–water partition coefficient (Wildman–Crippen LogP) is 2.62. The summed E-state index contributed by atoms with van der Waals surface area (Å²) in [5, 5.41) is 3.52. The van der Waals surface area contributed by atoms with Crippen LogP contribution >= 0.6 is 0 Å². The van der Waals surface area contributed by atoms with Crippen molar-refractivity contribution in [1.29, 1.82) is 0 Å². The summed E-state index contributed by atoms with van der Waals surface area (Å²) in [6.45, 7) is 1.96. The van der Waals surface area contributed by atoms with Crippen molar-refractivity contribution < 1.29 is 0 Å². The summed E-state index contributed by atoms with van der Waals surface area (Å²) >= 11 is 0. The van der Waals surface area contributed by atoms with Crippen molar-refractivity contribution in [3.8, 4) is 0 Å². The van der Waals surface area contributed by atoms with Crippen LogP contribution in [0.5, 0.6) is 0 Å². The SMILES string of the molecule is c1ccc(C2CC2)c(CNCCc2cnc[nH]2)c1. The number of aromatic nitrogens is 2. The highest BCUT2D eigenvalue weighted by atomic mass is 14.9. The van der Waals surface area contributed by atoms with Crippen LogP contribution < -0.4 is 5.32 Å². The molecule has 1 aromatic carbocycles. The third kappa shape index (κ3) is 2.79. The molecule has 3 rings (SSSR count). The Morgan fingerprint density at radius 1 is 1.28 bits per heavy atom. The minimum atomic E-state index is 0.829. The molecule has 0 aliphatic heterocycles. The average molecular weight is 241 g/mol. The molecule has 1 fully saturated rings. The van der Waals surface area contributed by atoms with Gasteiger partial charge in [-0.25, -0.2) is 4.98 Å². The highest BCUT2D eigenvalue weighted by molar-refractivity contribution is 5.33. The Kier molecular flexibility index (Phi) is 3.42. The van der Waals surface area contributed by atoms with E-state index in [1.54, 1.807) is 11.9 Å². The smallest absolute Gasteiger partial charge is 0.0921 e. The number of imidazole rings is 1. The molecule has 1 heterocycles. The molecule has 0 atom stereocenters. The molecule has 1 aliphatic carbocycles. The molecule has 18 heavy (non-hydrogen) atoms.